The van der Waals surface area contributed by atoms with E-state index in [1.165, 1.54) is 5.56 Å². The number of aliphatic hydroxyl groups is 1. The Morgan fingerprint density at radius 3 is 2.83 bits per heavy atom. The minimum Gasteiger partial charge on any atom is -0.491 e. The Bertz CT molecular complexity index is 875. The van der Waals surface area contributed by atoms with Crippen molar-refractivity contribution in [3.63, 3.8) is 0 Å². The Balaban J connectivity index is 1.31. The fourth-order valence-electron chi connectivity index (χ4n) is 4.19. The first-order chi connectivity index (χ1) is 14.0. The second kappa shape index (κ2) is 8.74. The van der Waals surface area contributed by atoms with Crippen LogP contribution in [0.1, 0.15) is 24.8 Å². The van der Waals surface area contributed by atoms with Crippen molar-refractivity contribution in [3.05, 3.63) is 59.1 Å². The van der Waals surface area contributed by atoms with Gasteiger partial charge in [-0.05, 0) is 62.1 Å². The first-order valence-electron chi connectivity index (χ1n) is 10.2. The third kappa shape index (κ3) is 4.92. The van der Waals surface area contributed by atoms with E-state index in [0.717, 1.165) is 31.6 Å². The normalized spacial score (nSPS) is 22.2. The lowest BCUT2D eigenvalue weighted by Crippen LogP contribution is -2.41. The van der Waals surface area contributed by atoms with Gasteiger partial charge in [0.05, 0.1) is 12.1 Å². The lowest BCUT2D eigenvalue weighted by Gasteiger charge is -2.27. The largest absolute Gasteiger partial charge is 0.491 e. The average Bonchev–Trinajstić information content (AvgIpc) is 3.06. The zero-order valence-corrected chi connectivity index (χ0v) is 17.3. The molecular weight excluding hydrogens is 388 g/mol. The second-order valence-electron chi connectivity index (χ2n) is 8.02. The Hall–Kier alpha value is -2.08. The molecule has 1 atom stereocenters. The average molecular weight is 415 g/mol. The van der Waals surface area contributed by atoms with Crippen LogP contribution in [0.2, 0.25) is 5.02 Å². The summed E-state index contributed by atoms with van der Waals surface area (Å²) in [4.78, 5) is 16.9. The van der Waals surface area contributed by atoms with Crippen molar-refractivity contribution in [1.82, 2.24) is 4.90 Å². The standard InChI is InChI=1S/C23H27ClN2O3/c24-19-6-3-7-20(15-19)29-17-23(28)10-4-12-25(14-11-23)16-22(27)26-13-9-18-5-1-2-8-21(18)26/h1-3,5-8,15,28H,4,9-14,16-17H2. The second-order valence-corrected chi connectivity index (χ2v) is 8.46. The van der Waals surface area contributed by atoms with Crippen molar-refractivity contribution >= 4 is 23.2 Å². The number of benzene rings is 2. The van der Waals surface area contributed by atoms with Gasteiger partial charge in [-0.1, -0.05) is 35.9 Å². The zero-order chi connectivity index (χ0) is 20.3. The molecule has 0 radical (unpaired) electrons. The van der Waals surface area contributed by atoms with Crippen LogP contribution in [0.3, 0.4) is 0 Å². The third-order valence-electron chi connectivity index (χ3n) is 5.86. The number of likely N-dealkylation sites (tertiary alicyclic amines) is 1. The first-order valence-corrected chi connectivity index (χ1v) is 10.6. The van der Waals surface area contributed by atoms with Crippen LogP contribution in [0, 0.1) is 0 Å². The minimum absolute atomic E-state index is 0.135. The summed E-state index contributed by atoms with van der Waals surface area (Å²) >= 11 is 6.00. The van der Waals surface area contributed by atoms with E-state index in [1.54, 1.807) is 12.1 Å². The van der Waals surface area contributed by atoms with Crippen LogP contribution in [0.15, 0.2) is 48.5 Å². The molecular formula is C23H27ClN2O3. The molecule has 0 bridgehead atoms. The fourth-order valence-corrected chi connectivity index (χ4v) is 4.37. The molecule has 4 rings (SSSR count). The van der Waals surface area contributed by atoms with E-state index in [-0.39, 0.29) is 12.5 Å². The monoisotopic (exact) mass is 414 g/mol. The number of hydrogen-bond acceptors (Lipinski definition) is 4. The number of para-hydroxylation sites is 1. The molecule has 0 spiro atoms. The van der Waals surface area contributed by atoms with Gasteiger partial charge in [0, 0.05) is 23.8 Å². The molecule has 2 aliphatic rings. The van der Waals surface area contributed by atoms with E-state index < -0.39 is 5.60 Å². The topological polar surface area (TPSA) is 53.0 Å². The molecule has 2 heterocycles. The van der Waals surface area contributed by atoms with Gasteiger partial charge in [-0.25, -0.2) is 0 Å². The molecule has 2 aromatic carbocycles. The number of fused-ring (bicyclic) bond motifs is 1. The zero-order valence-electron chi connectivity index (χ0n) is 16.5. The molecule has 154 valence electrons. The predicted octanol–water partition coefficient (Wildman–Crippen LogP) is 3.53. The predicted molar refractivity (Wildman–Crippen MR) is 115 cm³/mol. The third-order valence-corrected chi connectivity index (χ3v) is 6.10. The van der Waals surface area contributed by atoms with E-state index in [9.17, 15) is 9.90 Å². The Morgan fingerprint density at radius 2 is 1.97 bits per heavy atom. The Morgan fingerprint density at radius 1 is 1.10 bits per heavy atom. The molecule has 1 unspecified atom stereocenters. The fraction of sp³-hybridized carbons (Fsp3) is 0.435. The highest BCUT2D eigenvalue weighted by atomic mass is 35.5. The summed E-state index contributed by atoms with van der Waals surface area (Å²) < 4.78 is 5.79. The van der Waals surface area contributed by atoms with Gasteiger partial charge in [0.15, 0.2) is 0 Å². The number of nitrogens with zero attached hydrogens (tertiary/aromatic N) is 2. The quantitative estimate of drug-likeness (QED) is 0.813. The molecule has 5 nitrogen and oxygen atoms in total. The summed E-state index contributed by atoms with van der Waals surface area (Å²) in [5, 5.41) is 11.6. The van der Waals surface area contributed by atoms with Gasteiger partial charge in [0.25, 0.3) is 0 Å². The van der Waals surface area contributed by atoms with Crippen molar-refractivity contribution in [1.29, 1.82) is 0 Å². The number of ether oxygens (including phenoxy) is 1. The smallest absolute Gasteiger partial charge is 0.241 e. The summed E-state index contributed by atoms with van der Waals surface area (Å²) in [7, 11) is 0. The van der Waals surface area contributed by atoms with Crippen LogP contribution in [0.25, 0.3) is 0 Å². The van der Waals surface area contributed by atoms with Crippen LogP contribution < -0.4 is 9.64 Å². The molecule has 29 heavy (non-hydrogen) atoms. The number of anilines is 1. The van der Waals surface area contributed by atoms with Crippen molar-refractivity contribution in [2.45, 2.75) is 31.3 Å². The maximum Gasteiger partial charge on any atom is 0.241 e. The SMILES string of the molecule is O=C(CN1CCCC(O)(COc2cccc(Cl)c2)CC1)N1CCc2ccccc21. The van der Waals surface area contributed by atoms with Crippen LogP contribution in [0.5, 0.6) is 5.75 Å². The van der Waals surface area contributed by atoms with Crippen LogP contribution >= 0.6 is 11.6 Å². The molecule has 1 fully saturated rings. The van der Waals surface area contributed by atoms with Crippen molar-refractivity contribution in [2.24, 2.45) is 0 Å². The van der Waals surface area contributed by atoms with Crippen molar-refractivity contribution in [3.8, 4) is 5.75 Å². The summed E-state index contributed by atoms with van der Waals surface area (Å²) in [6.07, 6.45) is 2.99. The number of halogens is 1. The number of carbonyl (C=O) groups is 1. The molecule has 2 aromatic rings. The Kier molecular flexibility index (Phi) is 6.09. The van der Waals surface area contributed by atoms with Gasteiger partial charge in [0.2, 0.25) is 5.91 Å². The highest BCUT2D eigenvalue weighted by Crippen LogP contribution is 2.28. The molecule has 6 heteroatoms. The van der Waals surface area contributed by atoms with Gasteiger partial charge in [-0.2, -0.15) is 0 Å². The van der Waals surface area contributed by atoms with E-state index in [4.69, 9.17) is 16.3 Å². The van der Waals surface area contributed by atoms with Crippen LogP contribution in [0.4, 0.5) is 5.69 Å². The van der Waals surface area contributed by atoms with Gasteiger partial charge in [0.1, 0.15) is 12.4 Å². The number of rotatable bonds is 5. The molecule has 2 aliphatic heterocycles. The molecule has 0 aliphatic carbocycles. The van der Waals surface area contributed by atoms with Crippen LogP contribution in [-0.4, -0.2) is 54.3 Å². The summed E-state index contributed by atoms with van der Waals surface area (Å²) in [5.41, 5.74) is 1.39. The van der Waals surface area contributed by atoms with Gasteiger partial charge in [-0.15, -0.1) is 0 Å². The van der Waals surface area contributed by atoms with Crippen molar-refractivity contribution in [2.75, 3.05) is 37.7 Å². The summed E-state index contributed by atoms with van der Waals surface area (Å²) in [5.74, 6) is 0.797. The first kappa shape index (κ1) is 20.2. The molecule has 1 amide bonds. The molecule has 1 saturated heterocycles. The summed E-state index contributed by atoms with van der Waals surface area (Å²) in [6, 6.07) is 15.3. The summed E-state index contributed by atoms with van der Waals surface area (Å²) in [6.45, 7) is 2.86. The minimum atomic E-state index is -0.889. The highest BCUT2D eigenvalue weighted by molar-refractivity contribution is 6.30. The van der Waals surface area contributed by atoms with E-state index in [0.29, 0.717) is 36.7 Å². The maximum absolute atomic E-state index is 12.9. The molecule has 1 N–H and O–H groups in total. The van der Waals surface area contributed by atoms with Gasteiger partial charge >= 0.3 is 0 Å². The van der Waals surface area contributed by atoms with E-state index in [1.807, 2.05) is 35.2 Å². The van der Waals surface area contributed by atoms with Gasteiger partial charge in [-0.3, -0.25) is 9.69 Å². The van der Waals surface area contributed by atoms with E-state index in [2.05, 4.69) is 11.0 Å². The maximum atomic E-state index is 12.9. The highest BCUT2D eigenvalue weighted by Gasteiger charge is 2.33. The molecule has 0 saturated carbocycles. The van der Waals surface area contributed by atoms with Crippen molar-refractivity contribution < 1.29 is 14.6 Å². The lowest BCUT2D eigenvalue weighted by molar-refractivity contribution is -0.119. The van der Waals surface area contributed by atoms with Gasteiger partial charge < -0.3 is 14.7 Å². The van der Waals surface area contributed by atoms with Crippen LogP contribution in [-0.2, 0) is 11.2 Å². The lowest BCUT2D eigenvalue weighted by atomic mass is 9.96. The number of carbonyl (C=O) groups excluding carboxylic acids is 1. The van der Waals surface area contributed by atoms with E-state index >= 15 is 0 Å². The Labute approximate surface area is 176 Å². The number of amides is 1. The molecule has 0 aromatic heterocycles. The number of hydrogen-bond donors (Lipinski definition) is 1.